The number of rotatable bonds is 7. The highest BCUT2D eigenvalue weighted by atomic mass is 16.5. The summed E-state index contributed by atoms with van der Waals surface area (Å²) in [7, 11) is 1.52. The maximum atomic E-state index is 12.5. The van der Waals surface area contributed by atoms with Gasteiger partial charge in [0.1, 0.15) is 0 Å². The van der Waals surface area contributed by atoms with Crippen LogP contribution in [0.2, 0.25) is 0 Å². The molecule has 2 rings (SSSR count). The first-order chi connectivity index (χ1) is 10.0. The highest BCUT2D eigenvalue weighted by Crippen LogP contribution is 2.29. The van der Waals surface area contributed by atoms with Crippen molar-refractivity contribution in [1.82, 2.24) is 9.80 Å². The third-order valence-corrected chi connectivity index (χ3v) is 4.21. The van der Waals surface area contributed by atoms with Crippen molar-refractivity contribution in [3.8, 4) is 0 Å². The quantitative estimate of drug-likeness (QED) is 0.670. The topological polar surface area (TPSA) is 87.2 Å². The van der Waals surface area contributed by atoms with Crippen molar-refractivity contribution in [2.24, 2.45) is 0 Å². The predicted octanol–water partition coefficient (Wildman–Crippen LogP) is 0.0895. The molecule has 1 heterocycles. The van der Waals surface area contributed by atoms with E-state index in [1.54, 1.807) is 0 Å². The molecule has 0 bridgehead atoms. The smallest absolute Gasteiger partial charge is 0.317 e. The second-order valence-corrected chi connectivity index (χ2v) is 5.62. The molecule has 7 nitrogen and oxygen atoms in total. The Morgan fingerprint density at radius 3 is 2.62 bits per heavy atom. The van der Waals surface area contributed by atoms with Gasteiger partial charge in [0.15, 0.2) is 0 Å². The molecule has 1 atom stereocenters. The van der Waals surface area contributed by atoms with Crippen molar-refractivity contribution in [2.45, 2.75) is 44.2 Å². The van der Waals surface area contributed by atoms with Gasteiger partial charge in [-0.25, -0.2) is 0 Å². The molecule has 1 saturated carbocycles. The van der Waals surface area contributed by atoms with E-state index in [-0.39, 0.29) is 30.8 Å². The third kappa shape index (κ3) is 3.59. The normalized spacial score (nSPS) is 23.5. The number of aliphatic carboxylic acids is 1. The Morgan fingerprint density at radius 2 is 2.05 bits per heavy atom. The molecule has 0 aromatic rings. The summed E-state index contributed by atoms with van der Waals surface area (Å²) in [5.41, 5.74) is 0. The average molecular weight is 298 g/mol. The largest absolute Gasteiger partial charge is 0.480 e. The van der Waals surface area contributed by atoms with Gasteiger partial charge in [0.25, 0.3) is 0 Å². The fourth-order valence-corrected chi connectivity index (χ4v) is 3.19. The van der Waals surface area contributed by atoms with Crippen LogP contribution in [-0.4, -0.2) is 71.6 Å². The highest BCUT2D eigenvalue weighted by Gasteiger charge is 2.45. The predicted molar refractivity (Wildman–Crippen MR) is 73.6 cm³/mol. The molecule has 0 aromatic carbocycles. The molecule has 0 spiro atoms. The van der Waals surface area contributed by atoms with E-state index in [9.17, 15) is 14.4 Å². The molecule has 2 amide bonds. The molecule has 1 aliphatic carbocycles. The number of carbonyl (C=O) groups is 3. The Kier molecular flexibility index (Phi) is 5.30. The fraction of sp³-hybridized carbons (Fsp3) is 0.786. The minimum Gasteiger partial charge on any atom is -0.480 e. The maximum absolute atomic E-state index is 12.5. The van der Waals surface area contributed by atoms with Gasteiger partial charge in [0.05, 0.1) is 25.6 Å². The molecule has 2 fully saturated rings. The summed E-state index contributed by atoms with van der Waals surface area (Å²) in [5.74, 6) is -1.43. The molecule has 1 N–H and O–H groups in total. The number of hydrogen-bond donors (Lipinski definition) is 1. The van der Waals surface area contributed by atoms with E-state index in [2.05, 4.69) is 0 Å². The van der Waals surface area contributed by atoms with Gasteiger partial charge in [-0.1, -0.05) is 12.8 Å². The molecule has 118 valence electrons. The molecular formula is C14H22N2O5. The molecule has 2 aliphatic rings. The second-order valence-electron chi connectivity index (χ2n) is 5.62. The lowest BCUT2D eigenvalue weighted by molar-refractivity contribution is -0.143. The van der Waals surface area contributed by atoms with Gasteiger partial charge >= 0.3 is 5.97 Å². The molecule has 0 radical (unpaired) electrons. The van der Waals surface area contributed by atoms with Crippen LogP contribution in [0.15, 0.2) is 0 Å². The Balaban J connectivity index is 2.08. The monoisotopic (exact) mass is 298 g/mol. The van der Waals surface area contributed by atoms with Gasteiger partial charge in [-0.2, -0.15) is 0 Å². The first-order valence-electron chi connectivity index (χ1n) is 7.35. The summed E-state index contributed by atoms with van der Waals surface area (Å²) in [4.78, 5) is 38.5. The molecule has 1 aliphatic heterocycles. The molecule has 0 aromatic heterocycles. The summed E-state index contributed by atoms with van der Waals surface area (Å²) in [6.45, 7) is 0.394. The number of amides is 2. The standard InChI is InChI=1S/C14H22N2O5/c1-21-7-6-15(9-13(18)19)11-8-12(17)16(14(11)20)10-4-2-3-5-10/h10-11H,2-9H2,1H3,(H,18,19). The van der Waals surface area contributed by atoms with Gasteiger partial charge in [-0.3, -0.25) is 24.2 Å². The first kappa shape index (κ1) is 15.9. The van der Waals surface area contributed by atoms with E-state index in [1.807, 2.05) is 0 Å². The summed E-state index contributed by atoms with van der Waals surface area (Å²) in [6.07, 6.45) is 3.87. The number of methoxy groups -OCH3 is 1. The molecular weight excluding hydrogens is 276 g/mol. The van der Waals surface area contributed by atoms with Crippen LogP contribution in [0.4, 0.5) is 0 Å². The number of hydrogen-bond acceptors (Lipinski definition) is 5. The summed E-state index contributed by atoms with van der Waals surface area (Å²) in [6, 6.07) is -0.659. The van der Waals surface area contributed by atoms with Crippen molar-refractivity contribution in [3.05, 3.63) is 0 Å². The van der Waals surface area contributed by atoms with Crippen LogP contribution in [0.25, 0.3) is 0 Å². The SMILES string of the molecule is COCCN(CC(=O)O)C1CC(=O)N(C2CCCC2)C1=O. The molecule has 1 saturated heterocycles. The maximum Gasteiger partial charge on any atom is 0.317 e. The van der Waals surface area contributed by atoms with E-state index >= 15 is 0 Å². The Morgan fingerprint density at radius 1 is 1.38 bits per heavy atom. The number of likely N-dealkylation sites (tertiary alicyclic amines) is 1. The Bertz CT molecular complexity index is 420. The first-order valence-corrected chi connectivity index (χ1v) is 7.35. The lowest BCUT2D eigenvalue weighted by Gasteiger charge is -2.27. The van der Waals surface area contributed by atoms with Crippen molar-refractivity contribution in [1.29, 1.82) is 0 Å². The number of nitrogens with zero attached hydrogens (tertiary/aromatic N) is 2. The van der Waals surface area contributed by atoms with E-state index in [4.69, 9.17) is 9.84 Å². The summed E-state index contributed by atoms with van der Waals surface area (Å²) in [5, 5.41) is 8.98. The zero-order valence-electron chi connectivity index (χ0n) is 12.3. The number of carboxylic acid groups (broad SMARTS) is 1. The fourth-order valence-electron chi connectivity index (χ4n) is 3.19. The van der Waals surface area contributed by atoms with Crippen LogP contribution < -0.4 is 0 Å². The number of carbonyl (C=O) groups excluding carboxylic acids is 2. The van der Waals surface area contributed by atoms with Crippen molar-refractivity contribution in [3.63, 3.8) is 0 Å². The third-order valence-electron chi connectivity index (χ3n) is 4.21. The van der Waals surface area contributed by atoms with E-state index in [0.29, 0.717) is 13.2 Å². The van der Waals surface area contributed by atoms with Gasteiger partial charge < -0.3 is 9.84 Å². The highest BCUT2D eigenvalue weighted by molar-refractivity contribution is 6.06. The zero-order valence-corrected chi connectivity index (χ0v) is 12.3. The van der Waals surface area contributed by atoms with Gasteiger partial charge in [0, 0.05) is 19.7 Å². The van der Waals surface area contributed by atoms with Crippen LogP contribution in [0.3, 0.4) is 0 Å². The van der Waals surface area contributed by atoms with Crippen LogP contribution in [0.5, 0.6) is 0 Å². The van der Waals surface area contributed by atoms with Crippen molar-refractivity contribution < 1.29 is 24.2 Å². The van der Waals surface area contributed by atoms with Gasteiger partial charge in [0.2, 0.25) is 11.8 Å². The van der Waals surface area contributed by atoms with E-state index < -0.39 is 12.0 Å². The lowest BCUT2D eigenvalue weighted by Crippen LogP contribution is -2.47. The number of carboxylic acids is 1. The molecule has 21 heavy (non-hydrogen) atoms. The van der Waals surface area contributed by atoms with Crippen LogP contribution in [-0.2, 0) is 19.1 Å². The molecule has 1 unspecified atom stereocenters. The van der Waals surface area contributed by atoms with Gasteiger partial charge in [-0.15, -0.1) is 0 Å². The van der Waals surface area contributed by atoms with Crippen LogP contribution in [0, 0.1) is 0 Å². The minimum atomic E-state index is -1.01. The van der Waals surface area contributed by atoms with Crippen molar-refractivity contribution >= 4 is 17.8 Å². The number of imide groups is 1. The zero-order chi connectivity index (χ0) is 15.4. The van der Waals surface area contributed by atoms with E-state index in [1.165, 1.54) is 16.9 Å². The van der Waals surface area contributed by atoms with E-state index in [0.717, 1.165) is 25.7 Å². The van der Waals surface area contributed by atoms with Gasteiger partial charge in [-0.05, 0) is 12.8 Å². The second kappa shape index (κ2) is 7.00. The summed E-state index contributed by atoms with van der Waals surface area (Å²) >= 11 is 0. The minimum absolute atomic E-state index is 0.00380. The average Bonchev–Trinajstić information content (AvgIpc) is 3.02. The summed E-state index contributed by atoms with van der Waals surface area (Å²) < 4.78 is 4.96. The Hall–Kier alpha value is -1.47. The van der Waals surface area contributed by atoms with Crippen molar-refractivity contribution in [2.75, 3.05) is 26.8 Å². The van der Waals surface area contributed by atoms with Crippen LogP contribution in [0.1, 0.15) is 32.1 Å². The lowest BCUT2D eigenvalue weighted by atomic mass is 10.2. The Labute approximate surface area is 123 Å². The van der Waals surface area contributed by atoms with Crippen LogP contribution >= 0.6 is 0 Å². The molecule has 7 heteroatoms. The number of ether oxygens (including phenoxy) is 1.